The minimum absolute atomic E-state index is 0.0839. The van der Waals surface area contributed by atoms with E-state index in [9.17, 15) is 9.59 Å². The topological polar surface area (TPSA) is 79.8 Å². The Hall–Kier alpha value is -3.93. The van der Waals surface area contributed by atoms with Gasteiger partial charge in [-0.1, -0.05) is 36.4 Å². The molecule has 2 heterocycles. The van der Waals surface area contributed by atoms with Gasteiger partial charge in [0.05, 0.1) is 17.5 Å². The fourth-order valence-corrected chi connectivity index (χ4v) is 3.79. The Morgan fingerprint density at radius 3 is 2.45 bits per heavy atom. The van der Waals surface area contributed by atoms with Gasteiger partial charge in [-0.3, -0.25) is 9.59 Å². The van der Waals surface area contributed by atoms with Crippen molar-refractivity contribution >= 4 is 44.2 Å². The minimum atomic E-state index is -0.180. The number of fused-ring (bicyclic) bond motifs is 4. The van der Waals surface area contributed by atoms with Crippen molar-refractivity contribution in [2.45, 2.75) is 6.42 Å². The lowest BCUT2D eigenvalue weighted by molar-refractivity contribution is -0.115. The van der Waals surface area contributed by atoms with E-state index >= 15 is 0 Å². The number of benzene rings is 3. The summed E-state index contributed by atoms with van der Waals surface area (Å²) in [6.45, 7) is 0. The van der Waals surface area contributed by atoms with Gasteiger partial charge in [0, 0.05) is 39.9 Å². The standard InChI is InChI=1S/C23H18N4O2/c1-27-23(29)17-8-3-2-6-15(17)21(26-27)13-22(28)24-14-10-11-20-18(12-14)16-7-4-5-9-19(16)25-20/h2-12,25H,13H2,1H3,(H,24,28). The highest BCUT2D eigenvalue weighted by molar-refractivity contribution is 6.09. The van der Waals surface area contributed by atoms with Gasteiger partial charge >= 0.3 is 0 Å². The van der Waals surface area contributed by atoms with Gasteiger partial charge in [0.15, 0.2) is 0 Å². The van der Waals surface area contributed by atoms with Gasteiger partial charge in [-0.2, -0.15) is 5.10 Å². The first kappa shape index (κ1) is 17.2. The van der Waals surface area contributed by atoms with E-state index in [1.54, 1.807) is 13.1 Å². The third-order valence-corrected chi connectivity index (χ3v) is 5.15. The van der Waals surface area contributed by atoms with Crippen LogP contribution < -0.4 is 10.9 Å². The number of aromatic nitrogens is 3. The van der Waals surface area contributed by atoms with Crippen LogP contribution in [-0.2, 0) is 18.3 Å². The fourth-order valence-electron chi connectivity index (χ4n) is 3.79. The number of nitrogens with one attached hydrogen (secondary N) is 2. The Morgan fingerprint density at radius 2 is 1.62 bits per heavy atom. The lowest BCUT2D eigenvalue weighted by Crippen LogP contribution is -2.24. The Labute approximate surface area is 165 Å². The number of para-hydroxylation sites is 1. The van der Waals surface area contributed by atoms with Gasteiger partial charge < -0.3 is 10.3 Å². The molecule has 0 saturated carbocycles. The Kier molecular flexibility index (Phi) is 3.91. The highest BCUT2D eigenvalue weighted by Gasteiger charge is 2.13. The van der Waals surface area contributed by atoms with Crippen LogP contribution in [0.15, 0.2) is 71.5 Å². The third kappa shape index (κ3) is 2.95. The van der Waals surface area contributed by atoms with E-state index in [0.717, 1.165) is 27.5 Å². The van der Waals surface area contributed by atoms with E-state index in [1.807, 2.05) is 54.6 Å². The highest BCUT2D eigenvalue weighted by atomic mass is 16.1. The number of rotatable bonds is 3. The first-order valence-corrected chi connectivity index (χ1v) is 9.35. The number of amides is 1. The smallest absolute Gasteiger partial charge is 0.274 e. The van der Waals surface area contributed by atoms with Crippen molar-refractivity contribution in [2.75, 3.05) is 5.32 Å². The Balaban J connectivity index is 1.47. The summed E-state index contributed by atoms with van der Waals surface area (Å²) in [7, 11) is 1.60. The number of anilines is 1. The molecular formula is C23H18N4O2. The van der Waals surface area contributed by atoms with Crippen molar-refractivity contribution in [3.63, 3.8) is 0 Å². The van der Waals surface area contributed by atoms with E-state index in [-0.39, 0.29) is 17.9 Å². The molecule has 142 valence electrons. The predicted octanol–water partition coefficient (Wildman–Crippen LogP) is 3.75. The second-order valence-corrected chi connectivity index (χ2v) is 7.08. The van der Waals surface area contributed by atoms with Gasteiger partial charge in [-0.05, 0) is 30.3 Å². The van der Waals surface area contributed by atoms with Crippen molar-refractivity contribution in [1.82, 2.24) is 14.8 Å². The SMILES string of the molecule is Cn1nc(CC(=O)Nc2ccc3[nH]c4ccccc4c3c2)c2ccccc2c1=O. The molecule has 0 aliphatic carbocycles. The van der Waals surface area contributed by atoms with E-state index in [4.69, 9.17) is 0 Å². The van der Waals surface area contributed by atoms with Crippen LogP contribution in [0, 0.1) is 0 Å². The molecule has 6 nitrogen and oxygen atoms in total. The molecule has 5 aromatic rings. The summed E-state index contributed by atoms with van der Waals surface area (Å²) in [5.74, 6) is -0.180. The number of aromatic amines is 1. The molecule has 0 spiro atoms. The number of carbonyl (C=O) groups is 1. The summed E-state index contributed by atoms with van der Waals surface area (Å²) in [5, 5.41) is 10.7. The second kappa shape index (κ2) is 6.60. The molecule has 3 aromatic carbocycles. The second-order valence-electron chi connectivity index (χ2n) is 7.08. The normalized spacial score (nSPS) is 11.3. The number of carbonyl (C=O) groups excluding carboxylic acids is 1. The van der Waals surface area contributed by atoms with Crippen LogP contribution in [0.4, 0.5) is 5.69 Å². The third-order valence-electron chi connectivity index (χ3n) is 5.15. The molecule has 2 aromatic heterocycles. The van der Waals surface area contributed by atoms with Crippen LogP contribution in [-0.4, -0.2) is 20.7 Å². The number of H-pyrrole nitrogens is 1. The van der Waals surface area contributed by atoms with Crippen LogP contribution in [0.2, 0.25) is 0 Å². The van der Waals surface area contributed by atoms with Crippen LogP contribution in [0.25, 0.3) is 32.6 Å². The van der Waals surface area contributed by atoms with Gasteiger partial charge in [0.1, 0.15) is 0 Å². The molecule has 2 N–H and O–H groups in total. The molecule has 0 aliphatic rings. The van der Waals surface area contributed by atoms with E-state index in [2.05, 4.69) is 21.5 Å². The van der Waals surface area contributed by atoms with Crippen LogP contribution >= 0.6 is 0 Å². The zero-order valence-electron chi connectivity index (χ0n) is 15.8. The van der Waals surface area contributed by atoms with Crippen molar-refractivity contribution in [2.24, 2.45) is 7.05 Å². The fraction of sp³-hybridized carbons (Fsp3) is 0.0870. The molecule has 5 rings (SSSR count). The molecule has 0 saturated heterocycles. The summed E-state index contributed by atoms with van der Waals surface area (Å²) < 4.78 is 1.28. The largest absolute Gasteiger partial charge is 0.355 e. The van der Waals surface area contributed by atoms with Gasteiger partial charge in [-0.25, -0.2) is 4.68 Å². The Morgan fingerprint density at radius 1 is 0.931 bits per heavy atom. The summed E-state index contributed by atoms with van der Waals surface area (Å²) in [6, 6.07) is 21.1. The van der Waals surface area contributed by atoms with Crippen molar-refractivity contribution in [3.05, 3.63) is 82.8 Å². The van der Waals surface area contributed by atoms with E-state index in [1.165, 1.54) is 4.68 Å². The number of nitrogens with zero attached hydrogens (tertiary/aromatic N) is 2. The lowest BCUT2D eigenvalue weighted by atomic mass is 10.1. The Bertz CT molecular complexity index is 1460. The molecule has 0 aliphatic heterocycles. The first-order valence-electron chi connectivity index (χ1n) is 9.35. The quantitative estimate of drug-likeness (QED) is 0.499. The molecule has 0 atom stereocenters. The van der Waals surface area contributed by atoms with Gasteiger partial charge in [0.2, 0.25) is 5.91 Å². The van der Waals surface area contributed by atoms with E-state index in [0.29, 0.717) is 16.5 Å². The molecule has 0 bridgehead atoms. The molecule has 0 unspecified atom stereocenters. The molecule has 0 fully saturated rings. The summed E-state index contributed by atoms with van der Waals surface area (Å²) in [5.41, 5.74) is 3.21. The monoisotopic (exact) mass is 382 g/mol. The summed E-state index contributed by atoms with van der Waals surface area (Å²) in [6.07, 6.45) is 0.0839. The maximum absolute atomic E-state index is 12.7. The van der Waals surface area contributed by atoms with Gasteiger partial charge in [-0.15, -0.1) is 0 Å². The number of aryl methyl sites for hydroxylation is 1. The summed E-state index contributed by atoms with van der Waals surface area (Å²) >= 11 is 0. The molecular weight excluding hydrogens is 364 g/mol. The van der Waals surface area contributed by atoms with Crippen LogP contribution in [0.5, 0.6) is 0 Å². The minimum Gasteiger partial charge on any atom is -0.355 e. The van der Waals surface area contributed by atoms with E-state index < -0.39 is 0 Å². The molecule has 0 radical (unpaired) electrons. The number of hydrogen-bond acceptors (Lipinski definition) is 3. The molecule has 6 heteroatoms. The van der Waals surface area contributed by atoms with Crippen molar-refractivity contribution in [1.29, 1.82) is 0 Å². The zero-order valence-corrected chi connectivity index (χ0v) is 15.8. The highest BCUT2D eigenvalue weighted by Crippen LogP contribution is 2.27. The first-order chi connectivity index (χ1) is 14.1. The van der Waals surface area contributed by atoms with Crippen LogP contribution in [0.1, 0.15) is 5.69 Å². The van der Waals surface area contributed by atoms with Crippen molar-refractivity contribution in [3.8, 4) is 0 Å². The van der Waals surface area contributed by atoms with Crippen molar-refractivity contribution < 1.29 is 4.79 Å². The van der Waals surface area contributed by atoms with Gasteiger partial charge in [0.25, 0.3) is 5.56 Å². The zero-order chi connectivity index (χ0) is 20.0. The lowest BCUT2D eigenvalue weighted by Gasteiger charge is -2.09. The molecule has 1 amide bonds. The average Bonchev–Trinajstić information content (AvgIpc) is 3.10. The predicted molar refractivity (Wildman–Crippen MR) is 115 cm³/mol. The van der Waals surface area contributed by atoms with Crippen LogP contribution in [0.3, 0.4) is 0 Å². The maximum Gasteiger partial charge on any atom is 0.274 e. The summed E-state index contributed by atoms with van der Waals surface area (Å²) in [4.78, 5) is 28.3. The average molecular weight is 382 g/mol. The number of hydrogen-bond donors (Lipinski definition) is 2. The maximum atomic E-state index is 12.7. The molecule has 29 heavy (non-hydrogen) atoms.